The average molecular weight is 362 g/mol. The van der Waals surface area contributed by atoms with Crippen LogP contribution in [0.3, 0.4) is 0 Å². The van der Waals surface area contributed by atoms with Gasteiger partial charge in [-0.15, -0.1) is 0 Å². The molecule has 0 saturated heterocycles. The summed E-state index contributed by atoms with van der Waals surface area (Å²) in [6, 6.07) is 6.31. The predicted octanol–water partition coefficient (Wildman–Crippen LogP) is 2.10. The van der Waals surface area contributed by atoms with Crippen LogP contribution < -0.4 is 16.4 Å². The first-order chi connectivity index (χ1) is 12.1. The summed E-state index contributed by atoms with van der Waals surface area (Å²) in [4.78, 5) is 27.8. The number of guanidine groups is 1. The lowest BCUT2D eigenvalue weighted by molar-refractivity contribution is -0.139. The quantitative estimate of drug-likeness (QED) is 0.453. The van der Waals surface area contributed by atoms with Crippen LogP contribution in [0.5, 0.6) is 0 Å². The van der Waals surface area contributed by atoms with Crippen molar-refractivity contribution in [1.82, 2.24) is 5.32 Å². The molecule has 1 fully saturated rings. The van der Waals surface area contributed by atoms with E-state index in [0.717, 1.165) is 12.8 Å². The van der Waals surface area contributed by atoms with Crippen LogP contribution in [0.4, 0.5) is 10.5 Å². The van der Waals surface area contributed by atoms with Crippen LogP contribution in [0.1, 0.15) is 39.2 Å². The number of carboxylic acid groups (broad SMARTS) is 1. The number of ether oxygens (including phenoxy) is 1. The highest BCUT2D eigenvalue weighted by molar-refractivity contribution is 5.93. The van der Waals surface area contributed by atoms with Gasteiger partial charge >= 0.3 is 12.1 Å². The lowest BCUT2D eigenvalue weighted by Crippen LogP contribution is -2.44. The average Bonchev–Trinajstić information content (AvgIpc) is 3.30. The summed E-state index contributed by atoms with van der Waals surface area (Å²) < 4.78 is 5.13. The zero-order chi connectivity index (χ0) is 19.3. The molecule has 1 aromatic rings. The zero-order valence-corrected chi connectivity index (χ0v) is 15.3. The zero-order valence-electron chi connectivity index (χ0n) is 15.3. The number of alkyl carbamates (subject to hydrolysis) is 1. The minimum Gasteiger partial charge on any atom is -0.480 e. The fourth-order valence-corrected chi connectivity index (χ4v) is 2.26. The summed E-state index contributed by atoms with van der Waals surface area (Å²) in [6.07, 6.45) is 1.37. The molecular formula is C18H26N4O4. The number of carboxylic acids is 1. The number of rotatable bonds is 6. The van der Waals surface area contributed by atoms with Gasteiger partial charge in [-0.2, -0.15) is 0 Å². The van der Waals surface area contributed by atoms with E-state index in [9.17, 15) is 14.7 Å². The van der Waals surface area contributed by atoms with E-state index >= 15 is 0 Å². The van der Waals surface area contributed by atoms with Gasteiger partial charge in [-0.25, -0.2) is 14.6 Å². The Kier molecular flexibility index (Phi) is 6.07. The Hall–Kier alpha value is -2.77. The second kappa shape index (κ2) is 8.07. The van der Waals surface area contributed by atoms with E-state index in [2.05, 4.69) is 15.6 Å². The Morgan fingerprint density at radius 2 is 2.00 bits per heavy atom. The van der Waals surface area contributed by atoms with Crippen LogP contribution in [0, 0.1) is 0 Å². The van der Waals surface area contributed by atoms with Crippen molar-refractivity contribution in [3.8, 4) is 0 Å². The predicted molar refractivity (Wildman–Crippen MR) is 99.2 cm³/mol. The molecule has 0 bridgehead atoms. The highest BCUT2D eigenvalue weighted by Gasteiger charge is 2.25. The van der Waals surface area contributed by atoms with E-state index in [1.54, 1.807) is 39.0 Å². The number of aliphatic imine (C=N–C) groups is 1. The number of aliphatic carboxylic acids is 1. The standard InChI is InChI=1S/C18H26N4O4/c1-18(2,3)26-17(25)22-14(15(23)24)10-11-6-4-5-7-13(11)21-16(19)20-12-8-9-12/h4-7,12,14H,8-10H2,1-3H3,(H,22,25)(H,23,24)(H3,19,20,21)/t14-/m0/s1. The SMILES string of the molecule is CC(C)(C)OC(=O)N[C@@H](Cc1ccccc1NC(N)=NC1CC1)C(=O)O. The maximum Gasteiger partial charge on any atom is 0.408 e. The van der Waals surface area contributed by atoms with E-state index in [1.807, 2.05) is 6.07 Å². The van der Waals surface area contributed by atoms with Gasteiger partial charge in [0.15, 0.2) is 5.96 Å². The summed E-state index contributed by atoms with van der Waals surface area (Å²) in [5.41, 5.74) is 6.54. The molecule has 1 atom stereocenters. The van der Waals surface area contributed by atoms with E-state index in [4.69, 9.17) is 10.5 Å². The number of nitrogens with two attached hydrogens (primary N) is 1. The van der Waals surface area contributed by atoms with E-state index in [0.29, 0.717) is 17.2 Å². The number of anilines is 1. The first-order valence-electron chi connectivity index (χ1n) is 8.54. The van der Waals surface area contributed by atoms with Crippen molar-refractivity contribution in [3.63, 3.8) is 0 Å². The lowest BCUT2D eigenvalue weighted by atomic mass is 10.0. The summed E-state index contributed by atoms with van der Waals surface area (Å²) >= 11 is 0. The summed E-state index contributed by atoms with van der Waals surface area (Å²) in [6.45, 7) is 5.14. The van der Waals surface area contributed by atoms with Gasteiger partial charge in [0, 0.05) is 12.1 Å². The topological polar surface area (TPSA) is 126 Å². The summed E-state index contributed by atoms with van der Waals surface area (Å²) in [5.74, 6) is -0.850. The molecule has 1 aliphatic rings. The van der Waals surface area contributed by atoms with E-state index in [-0.39, 0.29) is 12.5 Å². The molecule has 0 aromatic heterocycles. The summed E-state index contributed by atoms with van der Waals surface area (Å²) in [7, 11) is 0. The molecule has 0 unspecified atom stereocenters. The molecule has 0 spiro atoms. The fraction of sp³-hybridized carbons (Fsp3) is 0.500. The molecule has 0 heterocycles. The molecule has 8 nitrogen and oxygen atoms in total. The minimum absolute atomic E-state index is 0.0778. The van der Waals surface area contributed by atoms with Gasteiger partial charge < -0.3 is 26.2 Å². The van der Waals surface area contributed by atoms with Crippen molar-refractivity contribution in [1.29, 1.82) is 0 Å². The second-order valence-corrected chi connectivity index (χ2v) is 7.27. The third-order valence-corrected chi connectivity index (χ3v) is 3.56. The summed E-state index contributed by atoms with van der Waals surface area (Å²) in [5, 5.41) is 14.8. The van der Waals surface area contributed by atoms with Crippen molar-refractivity contribution in [3.05, 3.63) is 29.8 Å². The van der Waals surface area contributed by atoms with Gasteiger partial charge in [0.1, 0.15) is 11.6 Å². The monoisotopic (exact) mass is 362 g/mol. The Labute approximate surface area is 152 Å². The van der Waals surface area contributed by atoms with E-state index < -0.39 is 23.7 Å². The second-order valence-electron chi connectivity index (χ2n) is 7.27. The van der Waals surface area contributed by atoms with Gasteiger partial charge in [-0.1, -0.05) is 18.2 Å². The third-order valence-electron chi connectivity index (χ3n) is 3.56. The molecule has 1 aliphatic carbocycles. The van der Waals surface area contributed by atoms with Crippen molar-refractivity contribution in [2.45, 2.75) is 57.7 Å². The van der Waals surface area contributed by atoms with Crippen LogP contribution in [-0.2, 0) is 16.0 Å². The number of hydrogen-bond acceptors (Lipinski definition) is 4. The Bertz CT molecular complexity index is 693. The number of carbonyl (C=O) groups is 2. The molecule has 0 aliphatic heterocycles. The molecule has 2 rings (SSSR count). The molecule has 26 heavy (non-hydrogen) atoms. The van der Waals surface area contributed by atoms with Crippen LogP contribution in [0.15, 0.2) is 29.3 Å². The van der Waals surface area contributed by atoms with Crippen molar-refractivity contribution < 1.29 is 19.4 Å². The smallest absolute Gasteiger partial charge is 0.408 e. The highest BCUT2D eigenvalue weighted by atomic mass is 16.6. The lowest BCUT2D eigenvalue weighted by Gasteiger charge is -2.22. The number of nitrogens with zero attached hydrogens (tertiary/aromatic N) is 1. The van der Waals surface area contributed by atoms with Crippen LogP contribution in [0.25, 0.3) is 0 Å². The van der Waals surface area contributed by atoms with E-state index in [1.165, 1.54) is 0 Å². The fourth-order valence-electron chi connectivity index (χ4n) is 2.26. The first kappa shape index (κ1) is 19.6. The molecular weight excluding hydrogens is 336 g/mol. The highest BCUT2D eigenvalue weighted by Crippen LogP contribution is 2.24. The van der Waals surface area contributed by atoms with Gasteiger partial charge in [0.25, 0.3) is 0 Å². The maximum absolute atomic E-state index is 11.9. The Morgan fingerprint density at radius 1 is 1.35 bits per heavy atom. The van der Waals surface area contributed by atoms with Gasteiger partial charge in [-0.05, 0) is 45.2 Å². The molecule has 1 aromatic carbocycles. The van der Waals surface area contributed by atoms with Crippen molar-refractivity contribution in [2.24, 2.45) is 10.7 Å². The maximum atomic E-state index is 11.9. The first-order valence-corrected chi connectivity index (χ1v) is 8.54. The number of para-hydroxylation sites is 1. The Balaban J connectivity index is 2.08. The molecule has 1 saturated carbocycles. The van der Waals surface area contributed by atoms with Gasteiger partial charge in [0.05, 0.1) is 6.04 Å². The largest absolute Gasteiger partial charge is 0.480 e. The van der Waals surface area contributed by atoms with Crippen molar-refractivity contribution >= 4 is 23.7 Å². The van der Waals surface area contributed by atoms with Crippen molar-refractivity contribution in [2.75, 3.05) is 5.32 Å². The molecule has 8 heteroatoms. The van der Waals surface area contributed by atoms with Crippen LogP contribution in [-0.4, -0.2) is 40.8 Å². The molecule has 1 amide bonds. The van der Waals surface area contributed by atoms with Gasteiger partial charge in [-0.3, -0.25) is 0 Å². The minimum atomic E-state index is -1.15. The number of hydrogen-bond donors (Lipinski definition) is 4. The number of benzene rings is 1. The third kappa shape index (κ3) is 6.62. The number of carbonyl (C=O) groups excluding carboxylic acids is 1. The number of nitrogens with one attached hydrogen (secondary N) is 2. The molecule has 5 N–H and O–H groups in total. The van der Waals surface area contributed by atoms with Crippen LogP contribution >= 0.6 is 0 Å². The normalized spacial score (nSPS) is 15.9. The Morgan fingerprint density at radius 3 is 2.58 bits per heavy atom. The van der Waals surface area contributed by atoms with Crippen LogP contribution in [0.2, 0.25) is 0 Å². The van der Waals surface area contributed by atoms with Gasteiger partial charge in [0.2, 0.25) is 0 Å². The number of amides is 1. The molecule has 0 radical (unpaired) electrons. The molecule has 142 valence electrons.